The van der Waals surface area contributed by atoms with Gasteiger partial charge in [0.1, 0.15) is 5.82 Å². The summed E-state index contributed by atoms with van der Waals surface area (Å²) in [6.45, 7) is 11.7. The normalized spacial score (nSPS) is 16.4. The lowest BCUT2D eigenvalue weighted by Crippen LogP contribution is -2.47. The van der Waals surface area contributed by atoms with Crippen LogP contribution >= 0.6 is 0 Å². The lowest BCUT2D eigenvalue weighted by atomic mass is 10.0. The molecule has 1 saturated heterocycles. The minimum absolute atomic E-state index is 0.497. The van der Waals surface area contributed by atoms with Crippen LogP contribution in [0.4, 0.5) is 17.5 Å². The molecule has 31 heavy (non-hydrogen) atoms. The standard InChI is InChI=1S/C25H36N6/c1-5-6-8-21-14-24(31-12-7-9-23(17-31)27-16-18(2)3)30-25(28-21)29-22-11-10-19(4)20(13-22)15-26/h10-11,13-14,18,23,27H,5-9,12,16-17H2,1-4H3,(H,28,29,30). The van der Waals surface area contributed by atoms with E-state index in [-0.39, 0.29) is 0 Å². The molecule has 0 radical (unpaired) electrons. The van der Waals surface area contributed by atoms with Crippen molar-refractivity contribution in [3.8, 4) is 6.07 Å². The van der Waals surface area contributed by atoms with Gasteiger partial charge in [-0.1, -0.05) is 33.3 Å². The van der Waals surface area contributed by atoms with Crippen LogP contribution in [0, 0.1) is 24.2 Å². The number of benzene rings is 1. The molecule has 0 spiro atoms. The first kappa shape index (κ1) is 23.0. The van der Waals surface area contributed by atoms with Crippen LogP contribution < -0.4 is 15.5 Å². The van der Waals surface area contributed by atoms with Gasteiger partial charge in [0.2, 0.25) is 5.95 Å². The van der Waals surface area contributed by atoms with Gasteiger partial charge in [-0.15, -0.1) is 0 Å². The lowest BCUT2D eigenvalue weighted by Gasteiger charge is -2.34. The number of hydrogen-bond acceptors (Lipinski definition) is 6. The molecule has 1 aromatic heterocycles. The molecule has 1 aliphatic rings. The van der Waals surface area contributed by atoms with Crippen LogP contribution in [0.15, 0.2) is 24.3 Å². The highest BCUT2D eigenvalue weighted by Crippen LogP contribution is 2.24. The zero-order chi connectivity index (χ0) is 22.2. The Balaban J connectivity index is 1.82. The topological polar surface area (TPSA) is 76.9 Å². The van der Waals surface area contributed by atoms with E-state index in [9.17, 15) is 5.26 Å². The van der Waals surface area contributed by atoms with E-state index in [0.29, 0.717) is 23.5 Å². The smallest absolute Gasteiger partial charge is 0.229 e. The van der Waals surface area contributed by atoms with Crippen LogP contribution in [0.3, 0.4) is 0 Å². The summed E-state index contributed by atoms with van der Waals surface area (Å²) in [6.07, 6.45) is 5.56. The summed E-state index contributed by atoms with van der Waals surface area (Å²) in [5.41, 5.74) is 3.55. The molecule has 1 aliphatic heterocycles. The van der Waals surface area contributed by atoms with E-state index in [1.165, 1.54) is 6.42 Å². The second-order valence-electron chi connectivity index (χ2n) is 9.00. The van der Waals surface area contributed by atoms with Crippen molar-refractivity contribution in [1.82, 2.24) is 15.3 Å². The molecule has 0 aliphatic carbocycles. The molecule has 1 atom stereocenters. The number of nitriles is 1. The molecule has 6 heteroatoms. The Bertz CT molecular complexity index is 901. The van der Waals surface area contributed by atoms with Crippen molar-refractivity contribution in [3.05, 3.63) is 41.1 Å². The van der Waals surface area contributed by atoms with Gasteiger partial charge < -0.3 is 15.5 Å². The number of nitrogens with zero attached hydrogens (tertiary/aromatic N) is 4. The molecule has 2 N–H and O–H groups in total. The third kappa shape index (κ3) is 6.67. The first-order valence-electron chi connectivity index (χ1n) is 11.6. The SMILES string of the molecule is CCCCc1cc(N2CCCC(NCC(C)C)C2)nc(Nc2ccc(C)c(C#N)c2)n1. The molecule has 166 valence electrons. The van der Waals surface area contributed by atoms with Crippen molar-refractivity contribution in [2.75, 3.05) is 29.9 Å². The first-order valence-corrected chi connectivity index (χ1v) is 11.6. The number of hydrogen-bond donors (Lipinski definition) is 2. The summed E-state index contributed by atoms with van der Waals surface area (Å²) < 4.78 is 0. The number of anilines is 3. The van der Waals surface area contributed by atoms with Gasteiger partial charge in [-0.05, 0) is 62.8 Å². The fourth-order valence-corrected chi connectivity index (χ4v) is 3.89. The molecule has 1 unspecified atom stereocenters. The van der Waals surface area contributed by atoms with Crippen molar-refractivity contribution in [3.63, 3.8) is 0 Å². The molecule has 6 nitrogen and oxygen atoms in total. The van der Waals surface area contributed by atoms with Crippen LogP contribution in [0.25, 0.3) is 0 Å². The molecular formula is C25H36N6. The van der Waals surface area contributed by atoms with Gasteiger partial charge >= 0.3 is 0 Å². The second kappa shape index (κ2) is 11.1. The largest absolute Gasteiger partial charge is 0.355 e. The monoisotopic (exact) mass is 420 g/mol. The molecule has 0 amide bonds. The number of unbranched alkanes of at least 4 members (excludes halogenated alkanes) is 1. The van der Waals surface area contributed by atoms with Gasteiger partial charge in [-0.25, -0.2) is 4.98 Å². The highest BCUT2D eigenvalue weighted by molar-refractivity contribution is 5.59. The van der Waals surface area contributed by atoms with E-state index in [4.69, 9.17) is 9.97 Å². The van der Waals surface area contributed by atoms with Gasteiger partial charge in [0.15, 0.2) is 0 Å². The fraction of sp³-hybridized carbons (Fsp3) is 0.560. The average molecular weight is 421 g/mol. The van der Waals surface area contributed by atoms with Crippen LogP contribution in [-0.4, -0.2) is 35.6 Å². The zero-order valence-corrected chi connectivity index (χ0v) is 19.4. The maximum absolute atomic E-state index is 9.35. The minimum atomic E-state index is 0.497. The third-order valence-electron chi connectivity index (χ3n) is 5.73. The second-order valence-corrected chi connectivity index (χ2v) is 9.00. The highest BCUT2D eigenvalue weighted by atomic mass is 15.2. The van der Waals surface area contributed by atoms with Crippen LogP contribution in [0.5, 0.6) is 0 Å². The molecule has 2 heterocycles. The predicted octanol–water partition coefficient (Wildman–Crippen LogP) is 4.96. The Labute approximate surface area is 187 Å². The van der Waals surface area contributed by atoms with Crippen molar-refractivity contribution in [2.24, 2.45) is 5.92 Å². The summed E-state index contributed by atoms with van der Waals surface area (Å²) >= 11 is 0. The van der Waals surface area contributed by atoms with Crippen LogP contribution in [-0.2, 0) is 6.42 Å². The Hall–Kier alpha value is -2.65. The predicted molar refractivity (Wildman–Crippen MR) is 128 cm³/mol. The molecule has 1 fully saturated rings. The molecule has 0 bridgehead atoms. The summed E-state index contributed by atoms with van der Waals surface area (Å²) in [5.74, 6) is 2.25. The van der Waals surface area contributed by atoms with E-state index in [1.54, 1.807) is 0 Å². The number of nitrogens with one attached hydrogen (secondary N) is 2. The summed E-state index contributed by atoms with van der Waals surface area (Å²) in [7, 11) is 0. The fourth-order valence-electron chi connectivity index (χ4n) is 3.89. The summed E-state index contributed by atoms with van der Waals surface area (Å²) in [5, 5.41) is 16.4. The Kier molecular flexibility index (Phi) is 8.25. The number of piperidine rings is 1. The Morgan fingerprint density at radius 1 is 1.26 bits per heavy atom. The minimum Gasteiger partial charge on any atom is -0.355 e. The average Bonchev–Trinajstić information content (AvgIpc) is 2.77. The number of aromatic nitrogens is 2. The third-order valence-corrected chi connectivity index (χ3v) is 5.73. The maximum Gasteiger partial charge on any atom is 0.229 e. The molecule has 2 aromatic rings. The molecular weight excluding hydrogens is 384 g/mol. The quantitative estimate of drug-likeness (QED) is 0.597. The van der Waals surface area contributed by atoms with Crippen molar-refractivity contribution >= 4 is 17.5 Å². The van der Waals surface area contributed by atoms with E-state index < -0.39 is 0 Å². The summed E-state index contributed by atoms with van der Waals surface area (Å²) in [4.78, 5) is 12.0. The van der Waals surface area contributed by atoms with Gasteiger partial charge in [-0.2, -0.15) is 10.2 Å². The van der Waals surface area contributed by atoms with E-state index in [1.807, 2.05) is 25.1 Å². The maximum atomic E-state index is 9.35. The number of rotatable bonds is 9. The first-order chi connectivity index (χ1) is 15.0. The lowest BCUT2D eigenvalue weighted by molar-refractivity contribution is 0.398. The van der Waals surface area contributed by atoms with Gasteiger partial charge in [-0.3, -0.25) is 0 Å². The van der Waals surface area contributed by atoms with E-state index in [2.05, 4.69) is 48.4 Å². The van der Waals surface area contributed by atoms with Gasteiger partial charge in [0.05, 0.1) is 11.6 Å². The zero-order valence-electron chi connectivity index (χ0n) is 19.4. The van der Waals surface area contributed by atoms with Crippen LogP contribution in [0.2, 0.25) is 0 Å². The Morgan fingerprint density at radius 2 is 2.10 bits per heavy atom. The van der Waals surface area contributed by atoms with Crippen LogP contribution in [0.1, 0.15) is 63.3 Å². The molecule has 0 saturated carbocycles. The van der Waals surface area contributed by atoms with Crippen molar-refractivity contribution in [1.29, 1.82) is 5.26 Å². The van der Waals surface area contributed by atoms with Gasteiger partial charge in [0, 0.05) is 36.6 Å². The van der Waals surface area contributed by atoms with Crippen molar-refractivity contribution < 1.29 is 0 Å². The number of aryl methyl sites for hydroxylation is 2. The highest BCUT2D eigenvalue weighted by Gasteiger charge is 2.22. The van der Waals surface area contributed by atoms with Gasteiger partial charge in [0.25, 0.3) is 0 Å². The molecule has 3 rings (SSSR count). The van der Waals surface area contributed by atoms with E-state index in [0.717, 1.165) is 68.1 Å². The summed E-state index contributed by atoms with van der Waals surface area (Å²) in [6, 6.07) is 10.7. The van der Waals surface area contributed by atoms with Crippen molar-refractivity contribution in [2.45, 2.75) is 65.8 Å². The molecule has 1 aromatic carbocycles. The Morgan fingerprint density at radius 3 is 2.84 bits per heavy atom. The van der Waals surface area contributed by atoms with E-state index >= 15 is 0 Å².